The van der Waals surface area contributed by atoms with Crippen LogP contribution in [0.4, 0.5) is 47.3 Å². The van der Waals surface area contributed by atoms with Crippen LogP contribution in [0.3, 0.4) is 0 Å². The zero-order chi connectivity index (χ0) is 61.2. The van der Waals surface area contributed by atoms with Gasteiger partial charge >= 0.3 is 24.9 Å². The highest BCUT2D eigenvalue weighted by Gasteiger charge is 2.31. The summed E-state index contributed by atoms with van der Waals surface area (Å²) in [5, 5.41) is 16.6. The second-order valence-corrected chi connectivity index (χ2v) is 26.6. The maximum atomic E-state index is 15.3. The van der Waals surface area contributed by atoms with Gasteiger partial charge in [-0.05, 0) is 106 Å². The molecule has 0 aliphatic carbocycles. The Morgan fingerprint density at radius 1 is 0.612 bits per heavy atom. The zero-order valence-electron chi connectivity index (χ0n) is 47.3. The Kier molecular flexibility index (Phi) is 21.9. The molecular weight excluding hydrogens is 1230 g/mol. The third-order valence-corrected chi connectivity index (χ3v) is 18.8. The van der Waals surface area contributed by atoms with Crippen molar-refractivity contribution in [2.45, 2.75) is 62.7 Å². The number of amides is 4. The van der Waals surface area contributed by atoms with E-state index in [1.807, 2.05) is 48.5 Å². The molecule has 2 aromatic heterocycles. The van der Waals surface area contributed by atoms with Gasteiger partial charge in [-0.25, -0.2) is 35.2 Å². The number of alkyl halides is 5. The van der Waals surface area contributed by atoms with Crippen LogP contribution in [0.2, 0.25) is 0 Å². The first kappa shape index (κ1) is 64.5. The van der Waals surface area contributed by atoms with Gasteiger partial charge in [0.05, 0.1) is 29.6 Å². The highest BCUT2D eigenvalue weighted by Crippen LogP contribution is 2.30. The Hall–Kier alpha value is -6.50. The molecule has 4 fully saturated rings. The SMILES string of the molecule is CN(C)[C@@H]1CCN(Cc2ccc(N(Cc3ccc(-c4nnc(C(F)F)o4)cc3F)C(=O)N3CCS(=O)(=O)CC3)cc2)C1.CN(C)[C@@H]1CCN(Cc2ccc(NC(=O)N3CCS(=O)(=O)CC3)cc2)C1.Fc1cc(-c2nnc(C(F)F)o2)ccc1CBr. The smallest absolute Gasteiger partial charge is 0.324 e. The van der Waals surface area contributed by atoms with E-state index in [2.05, 4.69) is 89.4 Å². The van der Waals surface area contributed by atoms with Crippen molar-refractivity contribution in [2.24, 2.45) is 0 Å². The van der Waals surface area contributed by atoms with Gasteiger partial charge in [0, 0.05) is 111 Å². The minimum Gasteiger partial charge on any atom is -0.415 e. The average Bonchev–Trinajstić information content (AvgIpc) is 4.22. The summed E-state index contributed by atoms with van der Waals surface area (Å²) in [5.74, 6) is -3.34. The number of carbonyl (C=O) groups is 2. The van der Waals surface area contributed by atoms with E-state index in [9.17, 15) is 48.4 Å². The third kappa shape index (κ3) is 17.8. The van der Waals surface area contributed by atoms with Crippen molar-refractivity contribution in [2.75, 3.05) is 114 Å². The van der Waals surface area contributed by atoms with Crippen molar-refractivity contribution in [1.82, 2.24) is 49.8 Å². The van der Waals surface area contributed by atoms with Crippen molar-refractivity contribution in [3.8, 4) is 22.9 Å². The highest BCUT2D eigenvalue weighted by atomic mass is 79.9. The van der Waals surface area contributed by atoms with Gasteiger partial charge in [-0.2, -0.15) is 17.6 Å². The first-order valence-corrected chi connectivity index (χ1v) is 32.0. The molecule has 1 N–H and O–H groups in total. The van der Waals surface area contributed by atoms with Gasteiger partial charge in [-0.3, -0.25) is 14.7 Å². The number of likely N-dealkylation sites (tertiary alicyclic amines) is 2. The summed E-state index contributed by atoms with van der Waals surface area (Å²) in [4.78, 5) is 39.7. The molecule has 4 aromatic carbocycles. The zero-order valence-corrected chi connectivity index (χ0v) is 50.5. The molecule has 6 heterocycles. The van der Waals surface area contributed by atoms with Crippen LogP contribution in [0, 0.1) is 11.6 Å². The Morgan fingerprint density at radius 3 is 1.45 bits per heavy atom. The number of nitrogens with zero attached hydrogens (tertiary/aromatic N) is 11. The molecule has 85 heavy (non-hydrogen) atoms. The molecule has 0 radical (unpaired) electrons. The van der Waals surface area contributed by atoms with Crippen LogP contribution in [0.25, 0.3) is 22.9 Å². The molecule has 4 saturated heterocycles. The molecule has 460 valence electrons. The van der Waals surface area contributed by atoms with E-state index in [1.165, 1.54) is 52.1 Å². The Labute approximate surface area is 498 Å². The predicted octanol–water partition coefficient (Wildman–Crippen LogP) is 8.60. The highest BCUT2D eigenvalue weighted by molar-refractivity contribution is 9.08. The quantitative estimate of drug-likeness (QED) is 0.0752. The number of rotatable bonds is 15. The fraction of sp³-hybridized carbons (Fsp3) is 0.464. The van der Waals surface area contributed by atoms with Gasteiger partial charge in [0.15, 0.2) is 19.7 Å². The van der Waals surface area contributed by atoms with Gasteiger partial charge < -0.3 is 33.8 Å². The molecule has 0 spiro atoms. The standard InChI is InChI=1S/C28H33F3N6O4S.C18H28N4O3S.C10H6BrF3N2O/c1-34(2)23-9-10-35(18-23)16-19-3-7-22(8-4-19)37(28(38)36-11-13-42(39,40)14-12-36)17-21-6-5-20(15-24(21)29)26-32-33-27(41-26)25(30)31;1-20(2)17-7-8-21(14-17)13-15-3-5-16(6-4-15)19-18(23)22-9-11-26(24,25)12-10-22;11-4-6-2-1-5(3-7(6)12)9-15-16-10(17-9)8(13)14/h3-8,15,23,25H,9-14,16-18H2,1-2H3;3-6,17H,7-14H2,1-2H3,(H,19,23);1-3,8H,4H2/t23-;17-;/m11./s1. The first-order valence-electron chi connectivity index (χ1n) is 27.3. The molecule has 29 heteroatoms. The number of nitrogens with one attached hydrogen (secondary N) is 1. The fourth-order valence-electron chi connectivity index (χ4n) is 9.85. The molecule has 6 aromatic rings. The van der Waals surface area contributed by atoms with E-state index in [-0.39, 0.29) is 90.2 Å². The Bertz CT molecular complexity index is 3430. The molecule has 0 bridgehead atoms. The van der Waals surface area contributed by atoms with E-state index in [0.717, 1.165) is 63.0 Å². The van der Waals surface area contributed by atoms with E-state index in [4.69, 9.17) is 8.83 Å². The molecular formula is C56H67BrF6N12O8S2. The van der Waals surface area contributed by atoms with E-state index >= 15 is 4.39 Å². The summed E-state index contributed by atoms with van der Waals surface area (Å²) in [6, 6.07) is 24.1. The minimum atomic E-state index is -3.21. The maximum Gasteiger partial charge on any atom is 0.324 e. The summed E-state index contributed by atoms with van der Waals surface area (Å²) in [5.41, 5.74) is 4.60. The van der Waals surface area contributed by atoms with Gasteiger partial charge in [-0.15, -0.1) is 20.4 Å². The summed E-state index contributed by atoms with van der Waals surface area (Å²) in [7, 11) is 2.23. The second kappa shape index (κ2) is 28.8. The summed E-state index contributed by atoms with van der Waals surface area (Å²) in [6.45, 7) is 6.31. The van der Waals surface area contributed by atoms with Crippen LogP contribution in [-0.2, 0) is 44.6 Å². The van der Waals surface area contributed by atoms with Gasteiger partial charge in [0.1, 0.15) is 11.6 Å². The number of halogens is 7. The third-order valence-electron chi connectivity index (χ3n) is 15.0. The minimum absolute atomic E-state index is 0.0444. The number of hydrogen-bond donors (Lipinski definition) is 1. The molecule has 0 unspecified atom stereocenters. The second-order valence-electron chi connectivity index (χ2n) is 21.5. The lowest BCUT2D eigenvalue weighted by molar-refractivity contribution is 0.115. The number of hydrogen-bond acceptors (Lipinski definition) is 16. The summed E-state index contributed by atoms with van der Waals surface area (Å²) in [6.07, 6.45) is -3.48. The number of aromatic nitrogens is 4. The van der Waals surface area contributed by atoms with Gasteiger partial charge in [0.2, 0.25) is 11.8 Å². The molecule has 0 saturated carbocycles. The van der Waals surface area contributed by atoms with E-state index < -0.39 is 62.0 Å². The Morgan fingerprint density at radius 2 is 1.05 bits per heavy atom. The molecule has 4 aliphatic rings. The monoisotopic (exact) mass is 1290 g/mol. The van der Waals surface area contributed by atoms with Crippen LogP contribution in [0.1, 0.15) is 59.7 Å². The number of urea groups is 2. The fourth-order valence-corrected chi connectivity index (χ4v) is 12.7. The molecule has 2 atom stereocenters. The molecule has 20 nitrogen and oxygen atoms in total. The lowest BCUT2D eigenvalue weighted by atomic mass is 10.1. The lowest BCUT2D eigenvalue weighted by Gasteiger charge is -2.33. The Balaban J connectivity index is 0.000000185. The van der Waals surface area contributed by atoms with Crippen LogP contribution in [0.5, 0.6) is 0 Å². The number of anilines is 2. The number of likely N-dealkylation sites (N-methyl/N-ethyl adjacent to an activating group) is 2. The van der Waals surface area contributed by atoms with Gasteiger partial charge in [0.25, 0.3) is 11.8 Å². The van der Waals surface area contributed by atoms with Crippen molar-refractivity contribution in [1.29, 1.82) is 0 Å². The van der Waals surface area contributed by atoms with Crippen molar-refractivity contribution < 1.29 is 61.6 Å². The number of benzene rings is 4. The van der Waals surface area contributed by atoms with Gasteiger partial charge in [-0.1, -0.05) is 52.3 Å². The summed E-state index contributed by atoms with van der Waals surface area (Å²) >= 11 is 3.12. The van der Waals surface area contributed by atoms with Crippen molar-refractivity contribution in [3.05, 3.63) is 131 Å². The van der Waals surface area contributed by atoms with Crippen LogP contribution in [0.15, 0.2) is 93.8 Å². The van der Waals surface area contributed by atoms with Crippen LogP contribution >= 0.6 is 15.9 Å². The molecule has 4 aliphatic heterocycles. The summed E-state index contributed by atoms with van der Waals surface area (Å²) < 4.78 is 135. The molecule has 10 rings (SSSR count). The maximum absolute atomic E-state index is 15.3. The average molecular weight is 1290 g/mol. The van der Waals surface area contributed by atoms with Crippen molar-refractivity contribution in [3.63, 3.8) is 0 Å². The predicted molar refractivity (Wildman–Crippen MR) is 311 cm³/mol. The topological polar surface area (TPSA) is 215 Å². The first-order chi connectivity index (χ1) is 40.4. The number of sulfone groups is 2. The lowest BCUT2D eigenvalue weighted by Crippen LogP contribution is -2.49. The van der Waals surface area contributed by atoms with Crippen LogP contribution in [-0.4, -0.2) is 194 Å². The largest absolute Gasteiger partial charge is 0.415 e. The molecule has 4 amide bonds. The van der Waals surface area contributed by atoms with E-state index in [1.54, 1.807) is 4.90 Å². The van der Waals surface area contributed by atoms with E-state index in [0.29, 0.717) is 28.7 Å². The van der Waals surface area contributed by atoms with Crippen molar-refractivity contribution >= 4 is 59.0 Å². The number of carbonyl (C=O) groups excluding carboxylic acids is 2. The normalized spacial score (nSPS) is 18.8. The van der Waals surface area contributed by atoms with Crippen LogP contribution < -0.4 is 10.2 Å².